The number of phenolic OH excluding ortho intramolecular Hbond substituents is 1. The average molecular weight is 273 g/mol. The number of nitrogens with zero attached hydrogens (tertiary/aromatic N) is 2. The Morgan fingerprint density at radius 2 is 2.10 bits per heavy atom. The third-order valence-corrected chi connectivity index (χ3v) is 3.13. The first-order valence-corrected chi connectivity index (χ1v) is 6.48. The topological polar surface area (TPSA) is 67.3 Å². The predicted octanol–water partition coefficient (Wildman–Crippen LogP) is 2.35. The zero-order valence-electron chi connectivity index (χ0n) is 11.9. The third kappa shape index (κ3) is 3.45. The van der Waals surface area contributed by atoms with Gasteiger partial charge in [-0.25, -0.2) is 0 Å². The van der Waals surface area contributed by atoms with Crippen molar-refractivity contribution in [3.05, 3.63) is 47.5 Å². The molecular weight excluding hydrogens is 254 g/mol. The summed E-state index contributed by atoms with van der Waals surface area (Å²) in [6, 6.07) is 5.30. The van der Waals surface area contributed by atoms with E-state index in [1.165, 1.54) is 0 Å². The molecule has 0 aliphatic heterocycles. The van der Waals surface area contributed by atoms with Gasteiger partial charge in [0.2, 0.25) is 0 Å². The van der Waals surface area contributed by atoms with Crippen LogP contribution >= 0.6 is 0 Å². The normalized spacial score (nSPS) is 12.2. The number of methoxy groups -OCH3 is 1. The van der Waals surface area contributed by atoms with Crippen LogP contribution in [0.3, 0.4) is 0 Å². The summed E-state index contributed by atoms with van der Waals surface area (Å²) in [4.78, 5) is 8.49. The molecule has 1 atom stereocenters. The van der Waals surface area contributed by atoms with Crippen molar-refractivity contribution >= 4 is 0 Å². The Kier molecular flexibility index (Phi) is 4.53. The molecule has 0 aliphatic carbocycles. The van der Waals surface area contributed by atoms with E-state index in [1.54, 1.807) is 25.6 Å². The molecular formula is C15H19N3O2. The van der Waals surface area contributed by atoms with Crippen LogP contribution in [0.4, 0.5) is 0 Å². The molecule has 1 aromatic heterocycles. The van der Waals surface area contributed by atoms with E-state index < -0.39 is 0 Å². The molecule has 20 heavy (non-hydrogen) atoms. The van der Waals surface area contributed by atoms with Gasteiger partial charge in [0.15, 0.2) is 0 Å². The number of benzene rings is 1. The van der Waals surface area contributed by atoms with Crippen LogP contribution < -0.4 is 10.1 Å². The smallest absolute Gasteiger partial charge is 0.124 e. The maximum Gasteiger partial charge on any atom is 0.124 e. The number of rotatable bonds is 5. The first-order valence-electron chi connectivity index (χ1n) is 6.48. The summed E-state index contributed by atoms with van der Waals surface area (Å²) in [7, 11) is 1.58. The zero-order valence-corrected chi connectivity index (χ0v) is 11.9. The lowest BCUT2D eigenvalue weighted by atomic mass is 10.1. The van der Waals surface area contributed by atoms with E-state index in [0.29, 0.717) is 12.3 Å². The lowest BCUT2D eigenvalue weighted by Gasteiger charge is -2.16. The molecule has 2 aromatic rings. The molecule has 1 aromatic carbocycles. The molecule has 0 bridgehead atoms. The Balaban J connectivity index is 2.01. The summed E-state index contributed by atoms with van der Waals surface area (Å²) in [5.74, 6) is 0.863. The van der Waals surface area contributed by atoms with E-state index in [2.05, 4.69) is 15.3 Å². The van der Waals surface area contributed by atoms with Crippen molar-refractivity contribution in [3.63, 3.8) is 0 Å². The minimum Gasteiger partial charge on any atom is -0.507 e. The fraction of sp³-hybridized carbons (Fsp3) is 0.333. The van der Waals surface area contributed by atoms with Gasteiger partial charge in [-0.15, -0.1) is 0 Å². The Labute approximate surface area is 118 Å². The molecule has 0 amide bonds. The highest BCUT2D eigenvalue weighted by atomic mass is 16.5. The van der Waals surface area contributed by atoms with Crippen LogP contribution in [0, 0.1) is 6.92 Å². The van der Waals surface area contributed by atoms with E-state index in [9.17, 15) is 5.11 Å². The van der Waals surface area contributed by atoms with E-state index in [1.807, 2.05) is 26.0 Å². The van der Waals surface area contributed by atoms with Gasteiger partial charge in [-0.3, -0.25) is 9.97 Å². The molecule has 0 aliphatic rings. The van der Waals surface area contributed by atoms with E-state index in [-0.39, 0.29) is 11.8 Å². The van der Waals surface area contributed by atoms with Gasteiger partial charge in [0.1, 0.15) is 11.5 Å². The third-order valence-electron chi connectivity index (χ3n) is 3.13. The van der Waals surface area contributed by atoms with Crippen molar-refractivity contribution in [1.82, 2.24) is 15.3 Å². The Morgan fingerprint density at radius 3 is 2.70 bits per heavy atom. The highest BCUT2D eigenvalue weighted by molar-refractivity contribution is 5.41. The molecule has 0 saturated heterocycles. The summed E-state index contributed by atoms with van der Waals surface area (Å²) >= 11 is 0. The molecule has 2 N–H and O–H groups in total. The predicted molar refractivity (Wildman–Crippen MR) is 76.7 cm³/mol. The summed E-state index contributed by atoms with van der Waals surface area (Å²) < 4.78 is 5.07. The lowest BCUT2D eigenvalue weighted by Crippen LogP contribution is -2.19. The molecule has 0 radical (unpaired) electrons. The zero-order chi connectivity index (χ0) is 14.5. The number of aromatic nitrogens is 2. The van der Waals surface area contributed by atoms with Crippen molar-refractivity contribution < 1.29 is 9.84 Å². The van der Waals surface area contributed by atoms with Crippen LogP contribution in [0.5, 0.6) is 11.5 Å². The molecule has 2 rings (SSSR count). The first kappa shape index (κ1) is 14.3. The fourth-order valence-corrected chi connectivity index (χ4v) is 1.89. The summed E-state index contributed by atoms with van der Waals surface area (Å²) in [6.45, 7) is 4.49. The lowest BCUT2D eigenvalue weighted by molar-refractivity contribution is 0.404. The monoisotopic (exact) mass is 273 g/mol. The van der Waals surface area contributed by atoms with Crippen molar-refractivity contribution in [2.75, 3.05) is 7.11 Å². The maximum atomic E-state index is 9.98. The summed E-state index contributed by atoms with van der Waals surface area (Å²) in [6.07, 6.45) is 3.50. The number of phenols is 1. The maximum absolute atomic E-state index is 9.98. The van der Waals surface area contributed by atoms with Gasteiger partial charge in [0.05, 0.1) is 18.5 Å². The molecule has 106 valence electrons. The second kappa shape index (κ2) is 6.34. The van der Waals surface area contributed by atoms with Crippen molar-refractivity contribution in [2.45, 2.75) is 26.4 Å². The standard InChI is InChI=1S/C15H19N3O2/c1-10-7-18-12(8-16-10)9-17-11(2)14-5-4-13(20-3)6-15(14)19/h4-8,11,17,19H,9H2,1-3H3. The van der Waals surface area contributed by atoms with E-state index in [0.717, 1.165) is 17.0 Å². The van der Waals surface area contributed by atoms with Crippen molar-refractivity contribution in [3.8, 4) is 11.5 Å². The van der Waals surface area contributed by atoms with E-state index in [4.69, 9.17) is 4.74 Å². The van der Waals surface area contributed by atoms with Crippen molar-refractivity contribution in [2.24, 2.45) is 0 Å². The SMILES string of the molecule is COc1ccc(C(C)NCc2cnc(C)cn2)c(O)c1. The van der Waals surface area contributed by atoms with Gasteiger partial charge in [-0.05, 0) is 19.9 Å². The number of hydrogen-bond acceptors (Lipinski definition) is 5. The Morgan fingerprint density at radius 1 is 1.30 bits per heavy atom. The highest BCUT2D eigenvalue weighted by Gasteiger charge is 2.11. The van der Waals surface area contributed by atoms with Crippen LogP contribution in [0.2, 0.25) is 0 Å². The number of aryl methyl sites for hydroxylation is 1. The van der Waals surface area contributed by atoms with Gasteiger partial charge in [0, 0.05) is 36.6 Å². The highest BCUT2D eigenvalue weighted by Crippen LogP contribution is 2.28. The molecule has 0 saturated carbocycles. The number of aromatic hydroxyl groups is 1. The molecule has 5 heteroatoms. The van der Waals surface area contributed by atoms with Gasteiger partial charge < -0.3 is 15.2 Å². The molecule has 0 spiro atoms. The minimum atomic E-state index is 0.00371. The minimum absolute atomic E-state index is 0.00371. The number of ether oxygens (including phenoxy) is 1. The second-order valence-electron chi connectivity index (χ2n) is 4.68. The van der Waals surface area contributed by atoms with E-state index >= 15 is 0 Å². The van der Waals surface area contributed by atoms with Gasteiger partial charge >= 0.3 is 0 Å². The van der Waals surface area contributed by atoms with Crippen LogP contribution in [-0.4, -0.2) is 22.2 Å². The first-order chi connectivity index (χ1) is 9.60. The van der Waals surface area contributed by atoms with Crippen LogP contribution in [0.1, 0.15) is 29.9 Å². The molecule has 0 fully saturated rings. The van der Waals surface area contributed by atoms with Gasteiger partial charge in [0.25, 0.3) is 0 Å². The Hall–Kier alpha value is -2.14. The van der Waals surface area contributed by atoms with Gasteiger partial charge in [-0.1, -0.05) is 6.07 Å². The fourth-order valence-electron chi connectivity index (χ4n) is 1.89. The largest absolute Gasteiger partial charge is 0.507 e. The van der Waals surface area contributed by atoms with Crippen LogP contribution in [-0.2, 0) is 6.54 Å². The quantitative estimate of drug-likeness (QED) is 0.875. The van der Waals surface area contributed by atoms with Crippen molar-refractivity contribution in [1.29, 1.82) is 0 Å². The molecule has 1 unspecified atom stereocenters. The van der Waals surface area contributed by atoms with Crippen LogP contribution in [0.25, 0.3) is 0 Å². The second-order valence-corrected chi connectivity index (χ2v) is 4.68. The Bertz CT molecular complexity index is 570. The summed E-state index contributed by atoms with van der Waals surface area (Å²) in [5.41, 5.74) is 2.59. The molecule has 1 heterocycles. The summed E-state index contributed by atoms with van der Waals surface area (Å²) in [5, 5.41) is 13.3. The molecule has 5 nitrogen and oxygen atoms in total. The number of nitrogens with one attached hydrogen (secondary N) is 1. The van der Waals surface area contributed by atoms with Crippen LogP contribution in [0.15, 0.2) is 30.6 Å². The van der Waals surface area contributed by atoms with Gasteiger partial charge in [-0.2, -0.15) is 0 Å². The average Bonchev–Trinajstić information content (AvgIpc) is 2.46. The number of hydrogen-bond donors (Lipinski definition) is 2.